The van der Waals surface area contributed by atoms with Gasteiger partial charge in [0, 0.05) is 25.7 Å². The van der Waals surface area contributed by atoms with Crippen LogP contribution in [-0.2, 0) is 29.1 Å². The van der Waals surface area contributed by atoms with Gasteiger partial charge in [-0.05, 0) is 30.7 Å². The number of rotatable bonds is 4. The van der Waals surface area contributed by atoms with Crippen molar-refractivity contribution in [3.05, 3.63) is 35.5 Å². The first kappa shape index (κ1) is 17.8. The molecule has 8 nitrogen and oxygen atoms in total. The fourth-order valence-corrected chi connectivity index (χ4v) is 2.63. The number of carbonyl (C=O) groups is 2. The molecule has 0 unspecified atom stereocenters. The SMILES string of the molecule is Cc1cc(NC=C2C(=O)OC(C)(C)OC2=O)ccc1NS(C)(=O)=O. The van der Waals surface area contributed by atoms with E-state index in [4.69, 9.17) is 9.47 Å². The lowest BCUT2D eigenvalue weighted by atomic mass is 10.2. The van der Waals surface area contributed by atoms with Crippen LogP contribution in [0.25, 0.3) is 0 Å². The second-order valence-electron chi connectivity index (χ2n) is 5.79. The zero-order valence-corrected chi connectivity index (χ0v) is 14.5. The standard InChI is InChI=1S/C15H18N2O6S/c1-9-7-10(5-6-12(9)17-24(4,20)21)16-8-11-13(18)22-15(2,3)23-14(11)19/h5-8,16-17H,1-4H3. The molecule has 2 rings (SSSR count). The van der Waals surface area contributed by atoms with Gasteiger partial charge in [0.1, 0.15) is 0 Å². The molecular formula is C15H18N2O6S. The summed E-state index contributed by atoms with van der Waals surface area (Å²) < 4.78 is 34.8. The van der Waals surface area contributed by atoms with Gasteiger partial charge in [0.2, 0.25) is 10.0 Å². The summed E-state index contributed by atoms with van der Waals surface area (Å²) in [6.07, 6.45) is 2.25. The molecule has 1 aromatic carbocycles. The molecule has 0 amide bonds. The second kappa shape index (κ2) is 6.16. The third kappa shape index (κ3) is 4.48. The largest absolute Gasteiger partial charge is 0.419 e. The van der Waals surface area contributed by atoms with Crippen LogP contribution in [0.1, 0.15) is 19.4 Å². The number of carbonyl (C=O) groups excluding carboxylic acids is 2. The van der Waals surface area contributed by atoms with Gasteiger partial charge in [0.15, 0.2) is 5.57 Å². The number of benzene rings is 1. The van der Waals surface area contributed by atoms with E-state index in [0.717, 1.165) is 6.26 Å². The minimum atomic E-state index is -3.37. The average Bonchev–Trinajstić information content (AvgIpc) is 2.38. The summed E-state index contributed by atoms with van der Waals surface area (Å²) in [6.45, 7) is 4.64. The van der Waals surface area contributed by atoms with Gasteiger partial charge in [-0.15, -0.1) is 0 Å². The van der Waals surface area contributed by atoms with Crippen LogP contribution in [0, 0.1) is 6.92 Å². The fraction of sp³-hybridized carbons (Fsp3) is 0.333. The topological polar surface area (TPSA) is 111 Å². The van der Waals surface area contributed by atoms with Crippen molar-refractivity contribution < 1.29 is 27.5 Å². The van der Waals surface area contributed by atoms with Crippen molar-refractivity contribution in [1.29, 1.82) is 0 Å². The normalized spacial score (nSPS) is 16.9. The maximum atomic E-state index is 11.8. The van der Waals surface area contributed by atoms with Crippen LogP contribution < -0.4 is 10.0 Å². The monoisotopic (exact) mass is 354 g/mol. The van der Waals surface area contributed by atoms with Gasteiger partial charge in [-0.2, -0.15) is 0 Å². The van der Waals surface area contributed by atoms with Crippen LogP contribution in [0.5, 0.6) is 0 Å². The van der Waals surface area contributed by atoms with Crippen molar-refractivity contribution in [2.24, 2.45) is 0 Å². The van der Waals surface area contributed by atoms with E-state index in [2.05, 4.69) is 10.0 Å². The number of cyclic esters (lactones) is 2. The molecule has 0 aromatic heterocycles. The maximum Gasteiger partial charge on any atom is 0.350 e. The van der Waals surface area contributed by atoms with Crippen LogP contribution >= 0.6 is 0 Å². The zero-order chi connectivity index (χ0) is 18.1. The maximum absolute atomic E-state index is 11.8. The van der Waals surface area contributed by atoms with Crippen LogP contribution in [0.2, 0.25) is 0 Å². The minimum Gasteiger partial charge on any atom is -0.419 e. The molecule has 0 radical (unpaired) electrons. The first-order valence-electron chi connectivity index (χ1n) is 6.99. The van der Waals surface area contributed by atoms with E-state index in [1.807, 2.05) is 0 Å². The third-order valence-electron chi connectivity index (χ3n) is 3.02. The predicted octanol–water partition coefficient (Wildman–Crippen LogP) is 1.50. The Kier molecular flexibility index (Phi) is 4.57. The number of sulfonamides is 1. The summed E-state index contributed by atoms with van der Waals surface area (Å²) in [7, 11) is -3.37. The molecule has 2 N–H and O–H groups in total. The highest BCUT2D eigenvalue weighted by Gasteiger charge is 2.38. The number of ether oxygens (including phenoxy) is 2. The van der Waals surface area contributed by atoms with Gasteiger partial charge in [0.05, 0.1) is 11.9 Å². The number of anilines is 2. The number of aryl methyl sites for hydroxylation is 1. The van der Waals surface area contributed by atoms with Crippen LogP contribution in [-0.4, -0.2) is 32.4 Å². The molecule has 1 fully saturated rings. The van der Waals surface area contributed by atoms with E-state index in [1.54, 1.807) is 25.1 Å². The Morgan fingerprint density at radius 3 is 2.21 bits per heavy atom. The Labute approximate surface area is 139 Å². The lowest BCUT2D eigenvalue weighted by Gasteiger charge is -2.29. The molecule has 9 heteroatoms. The molecule has 1 aliphatic rings. The van der Waals surface area contributed by atoms with Crippen molar-refractivity contribution in [3.8, 4) is 0 Å². The summed E-state index contributed by atoms with van der Waals surface area (Å²) in [5.74, 6) is -2.85. The molecule has 0 atom stereocenters. The van der Waals surface area contributed by atoms with Crippen LogP contribution in [0.4, 0.5) is 11.4 Å². The summed E-state index contributed by atoms with van der Waals surface area (Å²) >= 11 is 0. The van der Waals surface area contributed by atoms with E-state index in [1.165, 1.54) is 20.0 Å². The van der Waals surface area contributed by atoms with Gasteiger partial charge in [0.25, 0.3) is 5.79 Å². The first-order valence-corrected chi connectivity index (χ1v) is 8.88. The Balaban J connectivity index is 2.16. The molecule has 0 bridgehead atoms. The molecular weight excluding hydrogens is 336 g/mol. The lowest BCUT2D eigenvalue weighted by Crippen LogP contribution is -2.42. The number of nitrogens with one attached hydrogen (secondary N) is 2. The van der Waals surface area contributed by atoms with Gasteiger partial charge in [-0.25, -0.2) is 18.0 Å². The molecule has 0 saturated carbocycles. The van der Waals surface area contributed by atoms with Crippen molar-refractivity contribution >= 4 is 33.3 Å². The number of hydrogen-bond acceptors (Lipinski definition) is 7. The Bertz CT molecular complexity index is 804. The lowest BCUT2D eigenvalue weighted by molar-refractivity contribution is -0.222. The smallest absolute Gasteiger partial charge is 0.350 e. The van der Waals surface area contributed by atoms with Gasteiger partial charge >= 0.3 is 11.9 Å². The summed E-state index contributed by atoms with van der Waals surface area (Å²) in [5.41, 5.74) is 1.41. The van der Waals surface area contributed by atoms with E-state index in [0.29, 0.717) is 16.9 Å². The quantitative estimate of drug-likeness (QED) is 0.479. The van der Waals surface area contributed by atoms with E-state index in [-0.39, 0.29) is 5.57 Å². The zero-order valence-electron chi connectivity index (χ0n) is 13.7. The summed E-state index contributed by atoms with van der Waals surface area (Å²) in [5, 5.41) is 2.79. The van der Waals surface area contributed by atoms with Crippen LogP contribution in [0.3, 0.4) is 0 Å². The van der Waals surface area contributed by atoms with Crippen LogP contribution in [0.15, 0.2) is 30.0 Å². The third-order valence-corrected chi connectivity index (χ3v) is 3.61. The molecule has 0 spiro atoms. The highest BCUT2D eigenvalue weighted by Crippen LogP contribution is 2.24. The molecule has 1 heterocycles. The predicted molar refractivity (Wildman–Crippen MR) is 87.6 cm³/mol. The molecule has 24 heavy (non-hydrogen) atoms. The fourth-order valence-electron chi connectivity index (χ4n) is 2.00. The van der Waals surface area contributed by atoms with Gasteiger partial charge in [-0.3, -0.25) is 4.72 Å². The molecule has 1 aromatic rings. The van der Waals surface area contributed by atoms with Gasteiger partial charge in [-0.1, -0.05) is 0 Å². The van der Waals surface area contributed by atoms with Crippen molar-refractivity contribution in [1.82, 2.24) is 0 Å². The minimum absolute atomic E-state index is 0.259. The average molecular weight is 354 g/mol. The highest BCUT2D eigenvalue weighted by molar-refractivity contribution is 7.92. The molecule has 130 valence electrons. The summed E-state index contributed by atoms with van der Waals surface area (Å²) in [4.78, 5) is 23.6. The Morgan fingerprint density at radius 2 is 1.71 bits per heavy atom. The molecule has 1 saturated heterocycles. The first-order chi connectivity index (χ1) is 11.0. The Hall–Kier alpha value is -2.55. The Morgan fingerprint density at radius 1 is 1.12 bits per heavy atom. The molecule has 0 aliphatic carbocycles. The van der Waals surface area contributed by atoms with Crippen molar-refractivity contribution in [3.63, 3.8) is 0 Å². The summed E-state index contributed by atoms with van der Waals surface area (Å²) in [6, 6.07) is 4.83. The highest BCUT2D eigenvalue weighted by atomic mass is 32.2. The number of esters is 2. The van der Waals surface area contributed by atoms with Crippen molar-refractivity contribution in [2.75, 3.05) is 16.3 Å². The second-order valence-corrected chi connectivity index (χ2v) is 7.53. The van der Waals surface area contributed by atoms with Gasteiger partial charge < -0.3 is 14.8 Å². The number of hydrogen-bond donors (Lipinski definition) is 2. The van der Waals surface area contributed by atoms with E-state index >= 15 is 0 Å². The van der Waals surface area contributed by atoms with E-state index in [9.17, 15) is 18.0 Å². The van der Waals surface area contributed by atoms with E-state index < -0.39 is 27.7 Å². The molecule has 1 aliphatic heterocycles. The van der Waals surface area contributed by atoms with Crippen molar-refractivity contribution in [2.45, 2.75) is 26.6 Å².